The molecule has 2 N–H and O–H groups in total. The summed E-state index contributed by atoms with van der Waals surface area (Å²) in [6, 6.07) is 1.85. The van der Waals surface area contributed by atoms with Crippen LogP contribution in [0.1, 0.15) is 49.2 Å². The van der Waals surface area contributed by atoms with E-state index in [-0.39, 0.29) is 11.3 Å². The van der Waals surface area contributed by atoms with Gasteiger partial charge in [-0.2, -0.15) is 0 Å². The maximum absolute atomic E-state index is 12.2. The first-order valence-electron chi connectivity index (χ1n) is 6.55. The van der Waals surface area contributed by atoms with Crippen LogP contribution in [-0.2, 0) is 4.74 Å². The van der Waals surface area contributed by atoms with Crippen molar-refractivity contribution >= 4 is 5.91 Å². The van der Waals surface area contributed by atoms with E-state index in [1.54, 1.807) is 0 Å². The Hall–Kier alpha value is -1.29. The van der Waals surface area contributed by atoms with Gasteiger partial charge in [-0.1, -0.05) is 20.8 Å². The van der Waals surface area contributed by atoms with Crippen molar-refractivity contribution in [3.05, 3.63) is 23.5 Å². The van der Waals surface area contributed by atoms with E-state index in [0.29, 0.717) is 12.5 Å². The molecule has 1 aromatic rings. The molecule has 1 unspecified atom stereocenters. The maximum Gasteiger partial charge on any atom is 0.253 e. The highest BCUT2D eigenvalue weighted by molar-refractivity contribution is 5.95. The summed E-state index contributed by atoms with van der Waals surface area (Å²) in [6.07, 6.45) is 2.84. The molecule has 1 aromatic heterocycles. The van der Waals surface area contributed by atoms with E-state index in [2.05, 4.69) is 31.1 Å². The minimum Gasteiger partial charge on any atom is -0.381 e. The van der Waals surface area contributed by atoms with E-state index in [9.17, 15) is 4.79 Å². The first-order chi connectivity index (χ1) is 8.52. The molecule has 0 aromatic carbocycles. The molecule has 1 aliphatic heterocycles. The molecule has 1 fully saturated rings. The van der Waals surface area contributed by atoms with Crippen LogP contribution in [0.25, 0.3) is 0 Å². The van der Waals surface area contributed by atoms with Gasteiger partial charge in [-0.3, -0.25) is 4.79 Å². The number of H-pyrrole nitrogens is 1. The molecule has 0 radical (unpaired) electrons. The van der Waals surface area contributed by atoms with Crippen LogP contribution in [-0.4, -0.2) is 30.6 Å². The van der Waals surface area contributed by atoms with Gasteiger partial charge in [0.1, 0.15) is 0 Å². The number of amides is 1. The SMILES string of the molecule is CC(C)c1[nH]ccc1C(=O)NCC1(C)CCOC1. The van der Waals surface area contributed by atoms with Crippen molar-refractivity contribution in [2.75, 3.05) is 19.8 Å². The first-order valence-corrected chi connectivity index (χ1v) is 6.55. The van der Waals surface area contributed by atoms with Crippen molar-refractivity contribution in [1.82, 2.24) is 10.3 Å². The highest BCUT2D eigenvalue weighted by Crippen LogP contribution is 2.27. The number of rotatable bonds is 4. The molecule has 1 amide bonds. The normalized spacial score (nSPS) is 23.6. The van der Waals surface area contributed by atoms with Gasteiger partial charge < -0.3 is 15.0 Å². The van der Waals surface area contributed by atoms with Crippen molar-refractivity contribution in [1.29, 1.82) is 0 Å². The van der Waals surface area contributed by atoms with Crippen molar-refractivity contribution in [2.24, 2.45) is 5.41 Å². The third-order valence-corrected chi connectivity index (χ3v) is 3.58. The Bertz CT molecular complexity index is 417. The molecular formula is C14H22N2O2. The number of ether oxygens (including phenoxy) is 1. The smallest absolute Gasteiger partial charge is 0.253 e. The zero-order chi connectivity index (χ0) is 13.2. The Labute approximate surface area is 108 Å². The average molecular weight is 250 g/mol. The van der Waals surface area contributed by atoms with Gasteiger partial charge in [-0.15, -0.1) is 0 Å². The summed E-state index contributed by atoms with van der Waals surface area (Å²) in [5.74, 6) is 0.333. The standard InChI is InChI=1S/C14H22N2O2/c1-10(2)12-11(4-6-15-12)13(17)16-8-14(3)5-7-18-9-14/h4,6,10,15H,5,7-9H2,1-3H3,(H,16,17). The molecule has 2 heterocycles. The Morgan fingerprint density at radius 2 is 2.39 bits per heavy atom. The number of carbonyl (C=O) groups excluding carboxylic acids is 1. The first kappa shape index (κ1) is 13.1. The second-order valence-corrected chi connectivity index (χ2v) is 5.76. The topological polar surface area (TPSA) is 54.1 Å². The van der Waals surface area contributed by atoms with Crippen LogP contribution in [0.4, 0.5) is 0 Å². The molecule has 0 spiro atoms. The largest absolute Gasteiger partial charge is 0.381 e. The summed E-state index contributed by atoms with van der Waals surface area (Å²) in [4.78, 5) is 15.3. The summed E-state index contributed by atoms with van der Waals surface area (Å²) in [6.45, 7) is 8.52. The fourth-order valence-corrected chi connectivity index (χ4v) is 2.30. The molecule has 1 atom stereocenters. The van der Waals surface area contributed by atoms with E-state index in [1.807, 2.05) is 12.3 Å². The third-order valence-electron chi connectivity index (χ3n) is 3.58. The lowest BCUT2D eigenvalue weighted by atomic mass is 9.90. The highest BCUT2D eigenvalue weighted by Gasteiger charge is 2.30. The Morgan fingerprint density at radius 1 is 1.61 bits per heavy atom. The van der Waals surface area contributed by atoms with Gasteiger partial charge in [0.05, 0.1) is 12.2 Å². The number of nitrogens with one attached hydrogen (secondary N) is 2. The molecule has 0 bridgehead atoms. The fourth-order valence-electron chi connectivity index (χ4n) is 2.30. The van der Waals surface area contributed by atoms with Crippen LogP contribution in [0.15, 0.2) is 12.3 Å². The molecule has 1 aliphatic rings. The lowest BCUT2D eigenvalue weighted by molar-refractivity contribution is 0.0923. The quantitative estimate of drug-likeness (QED) is 0.861. The fraction of sp³-hybridized carbons (Fsp3) is 0.643. The van der Waals surface area contributed by atoms with E-state index < -0.39 is 0 Å². The summed E-state index contributed by atoms with van der Waals surface area (Å²) in [5.41, 5.74) is 1.84. The van der Waals surface area contributed by atoms with Crippen LogP contribution in [0.2, 0.25) is 0 Å². The lowest BCUT2D eigenvalue weighted by Gasteiger charge is -2.22. The second kappa shape index (κ2) is 5.14. The van der Waals surface area contributed by atoms with Gasteiger partial charge >= 0.3 is 0 Å². The highest BCUT2D eigenvalue weighted by atomic mass is 16.5. The van der Waals surface area contributed by atoms with E-state index >= 15 is 0 Å². The van der Waals surface area contributed by atoms with E-state index in [1.165, 1.54) is 0 Å². The minimum atomic E-state index is 0.00748. The van der Waals surface area contributed by atoms with Crippen molar-refractivity contribution in [2.45, 2.75) is 33.1 Å². The molecule has 2 rings (SSSR count). The van der Waals surface area contributed by atoms with Crippen molar-refractivity contribution in [3.8, 4) is 0 Å². The molecular weight excluding hydrogens is 228 g/mol. The van der Waals surface area contributed by atoms with E-state index in [0.717, 1.165) is 30.9 Å². The zero-order valence-electron chi connectivity index (χ0n) is 11.4. The summed E-state index contributed by atoms with van der Waals surface area (Å²) >= 11 is 0. The molecule has 18 heavy (non-hydrogen) atoms. The van der Waals surface area contributed by atoms with Crippen LogP contribution in [0.3, 0.4) is 0 Å². The lowest BCUT2D eigenvalue weighted by Crippen LogP contribution is -2.36. The number of hydrogen-bond donors (Lipinski definition) is 2. The third kappa shape index (κ3) is 2.75. The zero-order valence-corrected chi connectivity index (χ0v) is 11.4. The number of carbonyl (C=O) groups is 1. The van der Waals surface area contributed by atoms with Crippen molar-refractivity contribution in [3.63, 3.8) is 0 Å². The predicted octanol–water partition coefficient (Wildman–Crippen LogP) is 2.29. The molecule has 4 heteroatoms. The van der Waals surface area contributed by atoms with Gasteiger partial charge in [-0.05, 0) is 18.4 Å². The van der Waals surface area contributed by atoms with Crippen LogP contribution in [0.5, 0.6) is 0 Å². The van der Waals surface area contributed by atoms with Crippen molar-refractivity contribution < 1.29 is 9.53 Å². The summed E-state index contributed by atoms with van der Waals surface area (Å²) in [7, 11) is 0. The maximum atomic E-state index is 12.2. The van der Waals surface area contributed by atoms with Gasteiger partial charge in [0, 0.05) is 30.5 Å². The number of aromatic amines is 1. The molecule has 0 aliphatic carbocycles. The number of aromatic nitrogens is 1. The molecule has 4 nitrogen and oxygen atoms in total. The molecule has 1 saturated heterocycles. The Kier molecular flexibility index (Phi) is 3.76. The van der Waals surface area contributed by atoms with Crippen LogP contribution < -0.4 is 5.32 Å². The van der Waals surface area contributed by atoms with Crippen LogP contribution in [0, 0.1) is 5.41 Å². The monoisotopic (exact) mass is 250 g/mol. The Morgan fingerprint density at radius 3 is 3.00 bits per heavy atom. The van der Waals surface area contributed by atoms with Crippen LogP contribution >= 0.6 is 0 Å². The minimum absolute atomic E-state index is 0.00748. The molecule has 0 saturated carbocycles. The van der Waals surface area contributed by atoms with Gasteiger partial charge in [0.2, 0.25) is 0 Å². The molecule has 100 valence electrons. The van der Waals surface area contributed by atoms with E-state index in [4.69, 9.17) is 4.74 Å². The second-order valence-electron chi connectivity index (χ2n) is 5.76. The summed E-state index contributed by atoms with van der Waals surface area (Å²) < 4.78 is 5.39. The van der Waals surface area contributed by atoms with Gasteiger partial charge in [0.25, 0.3) is 5.91 Å². The predicted molar refractivity (Wildman–Crippen MR) is 70.8 cm³/mol. The Balaban J connectivity index is 1.97. The van der Waals surface area contributed by atoms with Gasteiger partial charge in [-0.25, -0.2) is 0 Å². The van der Waals surface area contributed by atoms with Gasteiger partial charge in [0.15, 0.2) is 0 Å². The average Bonchev–Trinajstić information content (AvgIpc) is 2.95. The summed E-state index contributed by atoms with van der Waals surface area (Å²) in [5, 5.41) is 3.02. The number of hydrogen-bond acceptors (Lipinski definition) is 2.